The molecule has 0 saturated carbocycles. The van der Waals surface area contributed by atoms with Crippen LogP contribution in [0.1, 0.15) is 51.1 Å². The summed E-state index contributed by atoms with van der Waals surface area (Å²) in [5.74, 6) is 0.907. The summed E-state index contributed by atoms with van der Waals surface area (Å²) in [4.78, 5) is 7.46. The van der Waals surface area contributed by atoms with Crippen molar-refractivity contribution in [1.82, 2.24) is 15.5 Å². The van der Waals surface area contributed by atoms with Crippen LogP contribution in [0.15, 0.2) is 35.3 Å². The number of methoxy groups -OCH3 is 1. The number of benzene rings is 1. The zero-order valence-electron chi connectivity index (χ0n) is 18.7. The third-order valence-corrected chi connectivity index (χ3v) is 6.41. The molecule has 2 heterocycles. The van der Waals surface area contributed by atoms with Crippen molar-refractivity contribution >= 4 is 29.9 Å². The van der Waals surface area contributed by atoms with Crippen molar-refractivity contribution in [2.24, 2.45) is 4.99 Å². The Labute approximate surface area is 199 Å². The first-order valence-corrected chi connectivity index (χ1v) is 11.1. The van der Waals surface area contributed by atoms with Crippen LogP contribution < -0.4 is 10.6 Å². The Hall–Kier alpha value is -0.900. The Balaban J connectivity index is 0.00000320. The van der Waals surface area contributed by atoms with Gasteiger partial charge in [0.25, 0.3) is 0 Å². The number of nitrogens with zero attached hydrogens (tertiary/aromatic N) is 2. The van der Waals surface area contributed by atoms with E-state index in [1.807, 2.05) is 0 Å². The second kappa shape index (κ2) is 12.8. The number of halogens is 1. The third-order valence-electron chi connectivity index (χ3n) is 6.41. The maximum Gasteiger partial charge on any atom is 0.191 e. The van der Waals surface area contributed by atoms with E-state index in [0.717, 1.165) is 64.5 Å². The van der Waals surface area contributed by atoms with Crippen LogP contribution in [0.4, 0.5) is 0 Å². The lowest BCUT2D eigenvalue weighted by molar-refractivity contribution is -0.0828. The maximum absolute atomic E-state index is 5.83. The maximum atomic E-state index is 5.83. The summed E-state index contributed by atoms with van der Waals surface area (Å²) >= 11 is 0. The fraction of sp³-hybridized carbons (Fsp3) is 0.696. The van der Waals surface area contributed by atoms with E-state index in [1.54, 1.807) is 7.11 Å². The first-order chi connectivity index (χ1) is 14.2. The van der Waals surface area contributed by atoms with E-state index in [1.165, 1.54) is 5.56 Å². The Morgan fingerprint density at radius 2 is 1.90 bits per heavy atom. The number of likely N-dealkylation sites (tertiary alicyclic amines) is 1. The van der Waals surface area contributed by atoms with Gasteiger partial charge in [-0.25, -0.2) is 0 Å². The molecule has 0 bridgehead atoms. The number of rotatable bonds is 7. The molecule has 2 aliphatic rings. The summed E-state index contributed by atoms with van der Waals surface area (Å²) in [7, 11) is 1.80. The van der Waals surface area contributed by atoms with Crippen molar-refractivity contribution in [3.63, 3.8) is 0 Å². The molecule has 2 saturated heterocycles. The predicted octanol–water partition coefficient (Wildman–Crippen LogP) is 3.58. The van der Waals surface area contributed by atoms with E-state index in [-0.39, 0.29) is 29.6 Å². The normalized spacial score (nSPS) is 21.5. The minimum atomic E-state index is -0.185. The highest BCUT2D eigenvalue weighted by atomic mass is 127. The Morgan fingerprint density at radius 1 is 1.23 bits per heavy atom. The van der Waals surface area contributed by atoms with Crippen LogP contribution in [0, 0.1) is 0 Å². The van der Waals surface area contributed by atoms with E-state index in [2.05, 4.69) is 59.7 Å². The summed E-state index contributed by atoms with van der Waals surface area (Å²) in [6.45, 7) is 9.68. The molecular weight excluding hydrogens is 491 g/mol. The lowest BCUT2D eigenvalue weighted by Gasteiger charge is -2.37. The van der Waals surface area contributed by atoms with Crippen molar-refractivity contribution in [1.29, 1.82) is 0 Å². The van der Waals surface area contributed by atoms with Gasteiger partial charge in [0.05, 0.1) is 12.1 Å². The quantitative estimate of drug-likeness (QED) is 0.321. The molecule has 2 aliphatic heterocycles. The summed E-state index contributed by atoms with van der Waals surface area (Å²) in [6.07, 6.45) is 4.07. The average molecular weight is 530 g/mol. The van der Waals surface area contributed by atoms with E-state index >= 15 is 0 Å². The first-order valence-electron chi connectivity index (χ1n) is 11.1. The summed E-state index contributed by atoms with van der Waals surface area (Å²) in [5, 5.41) is 7.07. The number of hydrogen-bond donors (Lipinski definition) is 2. The van der Waals surface area contributed by atoms with Crippen LogP contribution in [0.3, 0.4) is 0 Å². The molecule has 2 N–H and O–H groups in total. The van der Waals surface area contributed by atoms with Crippen molar-refractivity contribution < 1.29 is 9.47 Å². The lowest BCUT2D eigenvalue weighted by atomic mass is 9.94. The number of nitrogens with one attached hydrogen (secondary N) is 2. The van der Waals surface area contributed by atoms with Crippen LogP contribution in [0.25, 0.3) is 0 Å². The monoisotopic (exact) mass is 530 g/mol. The number of hydrogen-bond acceptors (Lipinski definition) is 4. The van der Waals surface area contributed by atoms with Gasteiger partial charge in [0.1, 0.15) is 0 Å². The smallest absolute Gasteiger partial charge is 0.191 e. The van der Waals surface area contributed by atoms with Gasteiger partial charge < -0.3 is 20.1 Å². The van der Waals surface area contributed by atoms with Crippen LogP contribution in [0.2, 0.25) is 0 Å². The predicted molar refractivity (Wildman–Crippen MR) is 134 cm³/mol. The number of aliphatic imine (C=N–C) groups is 1. The van der Waals surface area contributed by atoms with Crippen molar-refractivity contribution in [2.75, 3.05) is 46.5 Å². The molecule has 1 unspecified atom stereocenters. The topological polar surface area (TPSA) is 58.1 Å². The molecule has 2 fully saturated rings. The SMILES string of the molecule is CCNC(=NCC1(OC)CCOCC1)NC1CCN(C(C)c2ccccc2)CC1.I. The molecule has 1 aromatic carbocycles. The Morgan fingerprint density at radius 3 is 2.50 bits per heavy atom. The molecule has 0 aromatic heterocycles. The second-order valence-corrected chi connectivity index (χ2v) is 8.24. The molecule has 170 valence electrons. The number of piperidine rings is 1. The van der Waals surface area contributed by atoms with Gasteiger partial charge in [-0.05, 0) is 32.3 Å². The molecule has 0 radical (unpaired) electrons. The van der Waals surface area contributed by atoms with Crippen molar-refractivity contribution in [3.8, 4) is 0 Å². The number of guanidine groups is 1. The molecule has 1 aromatic rings. The highest BCUT2D eigenvalue weighted by molar-refractivity contribution is 14.0. The molecule has 3 rings (SSSR count). The molecule has 7 heteroatoms. The summed E-state index contributed by atoms with van der Waals surface area (Å²) in [5.41, 5.74) is 1.21. The van der Waals surface area contributed by atoms with Gasteiger partial charge in [-0.15, -0.1) is 24.0 Å². The van der Waals surface area contributed by atoms with Gasteiger partial charge in [0.2, 0.25) is 0 Å². The van der Waals surface area contributed by atoms with Crippen LogP contribution in [-0.4, -0.2) is 69.0 Å². The van der Waals surface area contributed by atoms with E-state index in [0.29, 0.717) is 18.6 Å². The summed E-state index contributed by atoms with van der Waals surface area (Å²) in [6, 6.07) is 11.7. The molecule has 0 spiro atoms. The summed E-state index contributed by atoms with van der Waals surface area (Å²) < 4.78 is 11.3. The third kappa shape index (κ3) is 7.07. The highest BCUT2D eigenvalue weighted by Crippen LogP contribution is 2.25. The van der Waals surface area contributed by atoms with Gasteiger partial charge in [-0.1, -0.05) is 30.3 Å². The zero-order chi connectivity index (χ0) is 20.5. The van der Waals surface area contributed by atoms with Crippen molar-refractivity contribution in [3.05, 3.63) is 35.9 Å². The molecule has 6 nitrogen and oxygen atoms in total. The fourth-order valence-electron chi connectivity index (χ4n) is 4.28. The molecular formula is C23H39IN4O2. The van der Waals surface area contributed by atoms with Gasteiger partial charge >= 0.3 is 0 Å². The zero-order valence-corrected chi connectivity index (χ0v) is 21.1. The first kappa shape index (κ1) is 25.4. The molecule has 0 amide bonds. The molecule has 30 heavy (non-hydrogen) atoms. The largest absolute Gasteiger partial charge is 0.381 e. The second-order valence-electron chi connectivity index (χ2n) is 8.24. The van der Waals surface area contributed by atoms with E-state index < -0.39 is 0 Å². The van der Waals surface area contributed by atoms with Gasteiger partial charge in [-0.2, -0.15) is 0 Å². The average Bonchev–Trinajstić information content (AvgIpc) is 2.79. The van der Waals surface area contributed by atoms with Gasteiger partial charge in [0, 0.05) is 64.9 Å². The highest BCUT2D eigenvalue weighted by Gasteiger charge is 2.32. The number of ether oxygens (including phenoxy) is 2. The van der Waals surface area contributed by atoms with Gasteiger partial charge in [-0.3, -0.25) is 9.89 Å². The van der Waals surface area contributed by atoms with Gasteiger partial charge in [0.15, 0.2) is 5.96 Å². The van der Waals surface area contributed by atoms with E-state index in [9.17, 15) is 0 Å². The Bertz CT molecular complexity index is 629. The standard InChI is InChI=1S/C23H38N4O2.HI/c1-4-24-22(25-18-23(28-3)12-16-29-17-13-23)26-21-10-14-27(15-11-21)19(2)20-8-6-5-7-9-20;/h5-9,19,21H,4,10-18H2,1-3H3,(H2,24,25,26);1H. The van der Waals surface area contributed by atoms with E-state index in [4.69, 9.17) is 14.5 Å². The van der Waals surface area contributed by atoms with Crippen LogP contribution >= 0.6 is 24.0 Å². The Kier molecular flexibility index (Phi) is 10.8. The lowest BCUT2D eigenvalue weighted by Crippen LogP contribution is -2.50. The minimum absolute atomic E-state index is 0. The van der Waals surface area contributed by atoms with Crippen LogP contribution in [-0.2, 0) is 9.47 Å². The fourth-order valence-corrected chi connectivity index (χ4v) is 4.28. The van der Waals surface area contributed by atoms with Crippen LogP contribution in [0.5, 0.6) is 0 Å². The molecule has 1 atom stereocenters. The van der Waals surface area contributed by atoms with Crippen molar-refractivity contribution in [2.45, 2.75) is 57.2 Å². The molecule has 0 aliphatic carbocycles. The minimum Gasteiger partial charge on any atom is -0.381 e.